The molecule has 5 rings (SSSR count). The molecular formula is C27H25F4N5OS. The van der Waals surface area contributed by atoms with Crippen LogP contribution in [0.4, 0.5) is 17.6 Å². The predicted octanol–water partition coefficient (Wildman–Crippen LogP) is 6.42. The van der Waals surface area contributed by atoms with Gasteiger partial charge in [0.2, 0.25) is 0 Å². The Morgan fingerprint density at radius 3 is 2.42 bits per heavy atom. The zero-order valence-corrected chi connectivity index (χ0v) is 21.6. The van der Waals surface area contributed by atoms with E-state index in [-0.39, 0.29) is 23.3 Å². The van der Waals surface area contributed by atoms with Crippen LogP contribution in [0.5, 0.6) is 0 Å². The van der Waals surface area contributed by atoms with Crippen molar-refractivity contribution in [2.24, 2.45) is 0 Å². The number of pyridine rings is 1. The average Bonchev–Trinajstić information content (AvgIpc) is 3.31. The number of aromatic nitrogens is 5. The highest BCUT2D eigenvalue weighted by molar-refractivity contribution is 7.14. The van der Waals surface area contributed by atoms with Gasteiger partial charge in [0.25, 0.3) is 5.56 Å². The first-order valence-corrected chi connectivity index (χ1v) is 13.1. The highest BCUT2D eigenvalue weighted by Crippen LogP contribution is 2.42. The molecule has 1 aromatic carbocycles. The molecule has 0 atom stereocenters. The Kier molecular flexibility index (Phi) is 7.13. The van der Waals surface area contributed by atoms with Crippen molar-refractivity contribution in [3.63, 3.8) is 0 Å². The number of nitrogens with zero attached hydrogens (tertiary/aromatic N) is 5. The third kappa shape index (κ3) is 5.24. The fourth-order valence-electron chi connectivity index (χ4n) is 5.29. The van der Waals surface area contributed by atoms with E-state index in [1.165, 1.54) is 29.7 Å². The van der Waals surface area contributed by atoms with Crippen LogP contribution in [0.2, 0.25) is 0 Å². The SMILES string of the molecule is Cc1nnc(-c2cc(C3CCC(c4c(C)cccc4F)CC3)c(=O)n(Cc3ncccc3C(F)(F)F)n2)s1. The van der Waals surface area contributed by atoms with Crippen LogP contribution >= 0.6 is 11.3 Å². The van der Waals surface area contributed by atoms with Crippen LogP contribution in [-0.2, 0) is 12.7 Å². The van der Waals surface area contributed by atoms with E-state index in [4.69, 9.17) is 0 Å². The highest BCUT2D eigenvalue weighted by atomic mass is 32.1. The van der Waals surface area contributed by atoms with E-state index in [0.29, 0.717) is 47.0 Å². The van der Waals surface area contributed by atoms with E-state index >= 15 is 0 Å². The maximum Gasteiger partial charge on any atom is 0.418 e. The molecule has 1 aliphatic carbocycles. The maximum absolute atomic E-state index is 14.6. The lowest BCUT2D eigenvalue weighted by molar-refractivity contribution is -0.138. The molecule has 4 aromatic rings. The van der Waals surface area contributed by atoms with Gasteiger partial charge in [-0.2, -0.15) is 18.3 Å². The molecule has 3 aromatic heterocycles. The van der Waals surface area contributed by atoms with E-state index in [2.05, 4.69) is 20.3 Å². The Hall–Kier alpha value is -3.47. The summed E-state index contributed by atoms with van der Waals surface area (Å²) in [5.41, 5.74) is 0.817. The Balaban J connectivity index is 1.51. The fraction of sp³-hybridized carbons (Fsp3) is 0.370. The van der Waals surface area contributed by atoms with Gasteiger partial charge in [-0.3, -0.25) is 9.78 Å². The summed E-state index contributed by atoms with van der Waals surface area (Å²) in [6.07, 6.45) is -0.680. The molecule has 198 valence electrons. The van der Waals surface area contributed by atoms with Crippen molar-refractivity contribution in [3.8, 4) is 10.7 Å². The Labute approximate surface area is 220 Å². The van der Waals surface area contributed by atoms with Gasteiger partial charge in [0.1, 0.15) is 16.5 Å². The van der Waals surface area contributed by atoms with Crippen molar-refractivity contribution >= 4 is 11.3 Å². The van der Waals surface area contributed by atoms with Crippen molar-refractivity contribution < 1.29 is 17.6 Å². The molecule has 0 N–H and O–H groups in total. The lowest BCUT2D eigenvalue weighted by Gasteiger charge is -2.30. The van der Waals surface area contributed by atoms with Gasteiger partial charge in [0.05, 0.1) is 17.8 Å². The zero-order valence-electron chi connectivity index (χ0n) is 20.8. The number of hydrogen-bond acceptors (Lipinski definition) is 6. The smallest absolute Gasteiger partial charge is 0.267 e. The summed E-state index contributed by atoms with van der Waals surface area (Å²) in [5.74, 6) is -0.312. The van der Waals surface area contributed by atoms with Crippen molar-refractivity contribution in [1.29, 1.82) is 0 Å². The molecular weight excluding hydrogens is 518 g/mol. The molecule has 1 fully saturated rings. The normalized spacial score (nSPS) is 18.1. The third-order valence-corrected chi connectivity index (χ3v) is 7.95. The van der Waals surface area contributed by atoms with E-state index in [0.717, 1.165) is 21.9 Å². The molecule has 0 unspecified atom stereocenters. The van der Waals surface area contributed by atoms with E-state index < -0.39 is 23.8 Å². The summed E-state index contributed by atoms with van der Waals surface area (Å²) in [6, 6.07) is 8.90. The lowest BCUT2D eigenvalue weighted by Crippen LogP contribution is -2.31. The highest BCUT2D eigenvalue weighted by Gasteiger charge is 2.34. The second-order valence-corrected chi connectivity index (χ2v) is 10.8. The third-order valence-electron chi connectivity index (χ3n) is 7.09. The van der Waals surface area contributed by atoms with Gasteiger partial charge in [-0.1, -0.05) is 23.5 Å². The minimum Gasteiger partial charge on any atom is -0.267 e. The average molecular weight is 544 g/mol. The molecule has 0 saturated heterocycles. The van der Waals surface area contributed by atoms with Crippen LogP contribution in [0, 0.1) is 19.7 Å². The van der Waals surface area contributed by atoms with Crippen molar-refractivity contribution in [2.45, 2.75) is 64.1 Å². The maximum atomic E-state index is 14.6. The zero-order chi connectivity index (χ0) is 27.0. The van der Waals surface area contributed by atoms with Crippen molar-refractivity contribution in [3.05, 3.63) is 91.7 Å². The molecule has 0 aliphatic heterocycles. The van der Waals surface area contributed by atoms with Gasteiger partial charge in [-0.25, -0.2) is 9.07 Å². The Morgan fingerprint density at radius 1 is 1.03 bits per heavy atom. The van der Waals surface area contributed by atoms with Gasteiger partial charge in [0.15, 0.2) is 5.01 Å². The Bertz CT molecular complexity index is 1500. The van der Waals surface area contributed by atoms with Crippen LogP contribution in [0.3, 0.4) is 0 Å². The van der Waals surface area contributed by atoms with E-state index in [1.54, 1.807) is 19.1 Å². The van der Waals surface area contributed by atoms with Crippen LogP contribution in [0.15, 0.2) is 47.4 Å². The summed E-state index contributed by atoms with van der Waals surface area (Å²) < 4.78 is 56.5. The summed E-state index contributed by atoms with van der Waals surface area (Å²) in [4.78, 5) is 17.5. The Morgan fingerprint density at radius 2 is 1.76 bits per heavy atom. The predicted molar refractivity (Wildman–Crippen MR) is 136 cm³/mol. The number of hydrogen-bond donors (Lipinski definition) is 0. The summed E-state index contributed by atoms with van der Waals surface area (Å²) >= 11 is 1.29. The molecule has 1 saturated carbocycles. The largest absolute Gasteiger partial charge is 0.418 e. The van der Waals surface area contributed by atoms with Gasteiger partial charge in [-0.05, 0) is 86.8 Å². The van der Waals surface area contributed by atoms with Crippen LogP contribution in [0.1, 0.15) is 70.5 Å². The fourth-order valence-corrected chi connectivity index (χ4v) is 5.93. The van der Waals surface area contributed by atoms with E-state index in [1.807, 2.05) is 13.0 Å². The molecule has 6 nitrogen and oxygen atoms in total. The molecule has 11 heteroatoms. The van der Waals surface area contributed by atoms with E-state index in [9.17, 15) is 22.4 Å². The van der Waals surface area contributed by atoms with Crippen molar-refractivity contribution in [1.82, 2.24) is 25.0 Å². The summed E-state index contributed by atoms with van der Waals surface area (Å²) in [5, 5.41) is 13.7. The van der Waals surface area contributed by atoms with Gasteiger partial charge >= 0.3 is 6.18 Å². The number of halogens is 4. The standard InChI is InChI=1S/C27H25F4N5OS/c1-15-5-3-7-21(28)24(15)18-10-8-17(9-11-18)19-13-22(25-34-33-16(2)38-25)35-36(26(19)37)14-23-20(27(29,30)31)6-4-12-32-23/h3-7,12-13,17-18H,8-11,14H2,1-2H3. The quantitative estimate of drug-likeness (QED) is 0.272. The molecule has 38 heavy (non-hydrogen) atoms. The molecule has 0 spiro atoms. The first kappa shape index (κ1) is 26.1. The van der Waals surface area contributed by atoms with Crippen LogP contribution < -0.4 is 5.56 Å². The number of benzene rings is 1. The van der Waals surface area contributed by atoms with Crippen molar-refractivity contribution in [2.75, 3.05) is 0 Å². The van der Waals surface area contributed by atoms with Gasteiger partial charge < -0.3 is 0 Å². The first-order valence-electron chi connectivity index (χ1n) is 12.3. The number of alkyl halides is 3. The van der Waals surface area contributed by atoms with Gasteiger partial charge in [-0.15, -0.1) is 10.2 Å². The molecule has 0 amide bonds. The number of aryl methyl sites for hydroxylation is 2. The van der Waals surface area contributed by atoms with Gasteiger partial charge in [0, 0.05) is 11.8 Å². The van der Waals surface area contributed by atoms with Crippen LogP contribution in [0.25, 0.3) is 10.7 Å². The summed E-state index contributed by atoms with van der Waals surface area (Å²) in [6.45, 7) is 3.25. The molecule has 0 radical (unpaired) electrons. The number of rotatable bonds is 5. The molecule has 3 heterocycles. The minimum absolute atomic E-state index is 0.0460. The second-order valence-electron chi connectivity index (χ2n) is 9.59. The lowest BCUT2D eigenvalue weighted by atomic mass is 9.75. The molecule has 0 bridgehead atoms. The second kappa shape index (κ2) is 10.4. The first-order chi connectivity index (χ1) is 18.1. The summed E-state index contributed by atoms with van der Waals surface area (Å²) in [7, 11) is 0. The monoisotopic (exact) mass is 543 g/mol. The minimum atomic E-state index is -4.62. The topological polar surface area (TPSA) is 73.6 Å². The van der Waals surface area contributed by atoms with Crippen LogP contribution in [-0.4, -0.2) is 25.0 Å². The molecule has 1 aliphatic rings.